The Morgan fingerprint density at radius 3 is 2.42 bits per heavy atom. The van der Waals surface area contributed by atoms with E-state index in [9.17, 15) is 18.0 Å². The molecule has 19 heavy (non-hydrogen) atoms. The lowest BCUT2D eigenvalue weighted by molar-refractivity contribution is -0.888. The number of hydrogen-bond acceptors (Lipinski definition) is 1. The van der Waals surface area contributed by atoms with Crippen molar-refractivity contribution in [3.05, 3.63) is 29.8 Å². The normalized spacial score (nSPS) is 11.7. The minimum atomic E-state index is -4.40. The molecule has 0 aliphatic carbocycles. The third-order valence-corrected chi connectivity index (χ3v) is 2.88. The number of alkyl halides is 3. The van der Waals surface area contributed by atoms with Gasteiger partial charge in [-0.3, -0.25) is 4.79 Å². The Bertz CT molecular complexity index is 428. The van der Waals surface area contributed by atoms with Crippen molar-refractivity contribution >= 4 is 11.6 Å². The van der Waals surface area contributed by atoms with E-state index < -0.39 is 11.7 Å². The molecule has 0 aliphatic rings. The molecule has 0 radical (unpaired) electrons. The van der Waals surface area contributed by atoms with E-state index in [1.807, 2.05) is 13.8 Å². The topological polar surface area (TPSA) is 33.5 Å². The minimum Gasteiger partial charge on any atom is -0.328 e. The summed E-state index contributed by atoms with van der Waals surface area (Å²) in [5, 5.41) is 2.49. The maximum atomic E-state index is 12.5. The first kappa shape index (κ1) is 15.5. The van der Waals surface area contributed by atoms with Crippen LogP contribution in [0.2, 0.25) is 0 Å². The summed E-state index contributed by atoms with van der Waals surface area (Å²) in [7, 11) is 0. The lowest BCUT2D eigenvalue weighted by Gasteiger charge is -2.15. The molecule has 0 saturated heterocycles. The monoisotopic (exact) mass is 275 g/mol. The summed E-state index contributed by atoms with van der Waals surface area (Å²) in [6.07, 6.45) is -4.40. The van der Waals surface area contributed by atoms with Gasteiger partial charge in [0.25, 0.3) is 5.91 Å². The fraction of sp³-hybridized carbons (Fsp3) is 0.462. The van der Waals surface area contributed by atoms with Gasteiger partial charge in [0.15, 0.2) is 6.54 Å². The zero-order chi connectivity index (χ0) is 14.5. The van der Waals surface area contributed by atoms with Gasteiger partial charge in [-0.15, -0.1) is 0 Å². The zero-order valence-electron chi connectivity index (χ0n) is 11.0. The molecule has 0 aliphatic heterocycles. The fourth-order valence-electron chi connectivity index (χ4n) is 1.71. The van der Waals surface area contributed by atoms with Crippen LogP contribution in [0.4, 0.5) is 18.9 Å². The summed E-state index contributed by atoms with van der Waals surface area (Å²) in [4.78, 5) is 12.8. The Balaban J connectivity index is 2.70. The number of carbonyl (C=O) groups excluding carboxylic acids is 1. The van der Waals surface area contributed by atoms with Gasteiger partial charge in [0.1, 0.15) is 0 Å². The second-order valence-electron chi connectivity index (χ2n) is 4.26. The molecule has 0 atom stereocenters. The number of quaternary nitrogens is 1. The predicted molar refractivity (Wildman–Crippen MR) is 67.0 cm³/mol. The average Bonchev–Trinajstić information content (AvgIpc) is 2.35. The van der Waals surface area contributed by atoms with Crippen molar-refractivity contribution in [3.8, 4) is 0 Å². The molecule has 3 nitrogen and oxygen atoms in total. The molecule has 0 unspecified atom stereocenters. The maximum Gasteiger partial charge on any atom is 0.416 e. The largest absolute Gasteiger partial charge is 0.416 e. The van der Waals surface area contributed by atoms with E-state index >= 15 is 0 Å². The van der Waals surface area contributed by atoms with E-state index in [2.05, 4.69) is 5.32 Å². The van der Waals surface area contributed by atoms with E-state index in [0.29, 0.717) is 0 Å². The van der Waals surface area contributed by atoms with Crippen LogP contribution in [0, 0.1) is 0 Å². The number of rotatable bonds is 5. The van der Waals surface area contributed by atoms with Gasteiger partial charge in [-0.2, -0.15) is 13.2 Å². The molecular weight excluding hydrogens is 257 g/mol. The van der Waals surface area contributed by atoms with Crippen molar-refractivity contribution in [3.63, 3.8) is 0 Å². The molecular formula is C13H18F3N2O+. The fourth-order valence-corrected chi connectivity index (χ4v) is 1.71. The number of hydrogen-bond donors (Lipinski definition) is 2. The van der Waals surface area contributed by atoms with Gasteiger partial charge in [0, 0.05) is 5.69 Å². The van der Waals surface area contributed by atoms with Crippen molar-refractivity contribution < 1.29 is 22.9 Å². The molecule has 1 rings (SSSR count). The minimum absolute atomic E-state index is 0.173. The SMILES string of the molecule is CC[NH+](CC)CC(=O)Nc1cccc(C(F)(F)F)c1. The number of benzene rings is 1. The number of nitrogens with one attached hydrogen (secondary N) is 2. The summed E-state index contributed by atoms with van der Waals surface area (Å²) in [5.74, 6) is -0.280. The first-order valence-electron chi connectivity index (χ1n) is 6.17. The first-order chi connectivity index (χ1) is 8.86. The van der Waals surface area contributed by atoms with Gasteiger partial charge in [-0.05, 0) is 32.0 Å². The average molecular weight is 275 g/mol. The van der Waals surface area contributed by atoms with Crippen LogP contribution in [0.25, 0.3) is 0 Å². The van der Waals surface area contributed by atoms with Gasteiger partial charge in [0.2, 0.25) is 0 Å². The highest BCUT2D eigenvalue weighted by molar-refractivity contribution is 5.91. The number of anilines is 1. The lowest BCUT2D eigenvalue weighted by Crippen LogP contribution is -3.12. The van der Waals surface area contributed by atoms with E-state index in [-0.39, 0.29) is 18.1 Å². The smallest absolute Gasteiger partial charge is 0.328 e. The second-order valence-corrected chi connectivity index (χ2v) is 4.26. The van der Waals surface area contributed by atoms with Crippen LogP contribution in [0.3, 0.4) is 0 Å². The van der Waals surface area contributed by atoms with Gasteiger partial charge < -0.3 is 10.2 Å². The number of halogens is 3. The van der Waals surface area contributed by atoms with Crippen LogP contribution in [0.15, 0.2) is 24.3 Å². The molecule has 0 heterocycles. The van der Waals surface area contributed by atoms with Crippen molar-refractivity contribution in [1.82, 2.24) is 0 Å². The summed E-state index contributed by atoms with van der Waals surface area (Å²) in [6, 6.07) is 4.65. The molecule has 1 aromatic rings. The Hall–Kier alpha value is -1.56. The summed E-state index contributed by atoms with van der Waals surface area (Å²) in [5.41, 5.74) is -0.591. The van der Waals surface area contributed by atoms with E-state index in [1.54, 1.807) is 0 Å². The van der Waals surface area contributed by atoms with Gasteiger partial charge >= 0.3 is 6.18 Å². The molecule has 2 N–H and O–H groups in total. The molecule has 0 fully saturated rings. The summed E-state index contributed by atoms with van der Waals surface area (Å²) < 4.78 is 37.5. The molecule has 106 valence electrons. The molecule has 1 amide bonds. The third-order valence-electron chi connectivity index (χ3n) is 2.88. The highest BCUT2D eigenvalue weighted by Crippen LogP contribution is 2.30. The first-order valence-corrected chi connectivity index (χ1v) is 6.17. The standard InChI is InChI=1S/C13H17F3N2O/c1-3-18(4-2)9-12(19)17-11-7-5-6-10(8-11)13(14,15)16/h5-8H,3-4,9H2,1-2H3,(H,17,19)/p+1. The van der Waals surface area contributed by atoms with Crippen molar-refractivity contribution in [1.29, 1.82) is 0 Å². The molecule has 1 aromatic carbocycles. The van der Waals surface area contributed by atoms with Crippen molar-refractivity contribution in [2.75, 3.05) is 25.0 Å². The van der Waals surface area contributed by atoms with Crippen LogP contribution >= 0.6 is 0 Å². The Kier molecular flexibility index (Phi) is 5.35. The zero-order valence-corrected chi connectivity index (χ0v) is 11.0. The number of likely N-dealkylation sites (N-methyl/N-ethyl adjacent to an activating group) is 1. The maximum absolute atomic E-state index is 12.5. The Labute approximate surface area is 110 Å². The summed E-state index contributed by atoms with van der Waals surface area (Å²) >= 11 is 0. The van der Waals surface area contributed by atoms with Crippen molar-refractivity contribution in [2.24, 2.45) is 0 Å². The summed E-state index contributed by atoms with van der Waals surface area (Å²) in [6.45, 7) is 5.76. The molecule has 0 bridgehead atoms. The third kappa shape index (κ3) is 4.90. The van der Waals surface area contributed by atoms with Gasteiger partial charge in [-0.1, -0.05) is 6.07 Å². The molecule has 0 saturated carbocycles. The van der Waals surface area contributed by atoms with Crippen LogP contribution in [0.1, 0.15) is 19.4 Å². The molecule has 6 heteroatoms. The quantitative estimate of drug-likeness (QED) is 0.840. The van der Waals surface area contributed by atoms with Crippen LogP contribution in [-0.4, -0.2) is 25.5 Å². The Morgan fingerprint density at radius 1 is 1.26 bits per heavy atom. The van der Waals surface area contributed by atoms with Gasteiger partial charge in [-0.25, -0.2) is 0 Å². The lowest BCUT2D eigenvalue weighted by atomic mass is 10.2. The highest BCUT2D eigenvalue weighted by atomic mass is 19.4. The number of amides is 1. The van der Waals surface area contributed by atoms with Crippen LogP contribution < -0.4 is 10.2 Å². The van der Waals surface area contributed by atoms with Crippen molar-refractivity contribution in [2.45, 2.75) is 20.0 Å². The Morgan fingerprint density at radius 2 is 1.89 bits per heavy atom. The number of carbonyl (C=O) groups is 1. The predicted octanol–water partition coefficient (Wildman–Crippen LogP) is 1.57. The van der Waals surface area contributed by atoms with E-state index in [0.717, 1.165) is 30.1 Å². The van der Waals surface area contributed by atoms with E-state index in [1.165, 1.54) is 12.1 Å². The molecule has 0 aromatic heterocycles. The van der Waals surface area contributed by atoms with Crippen LogP contribution in [-0.2, 0) is 11.0 Å². The van der Waals surface area contributed by atoms with Gasteiger partial charge in [0.05, 0.1) is 18.7 Å². The van der Waals surface area contributed by atoms with Crippen LogP contribution in [0.5, 0.6) is 0 Å². The molecule has 0 spiro atoms. The second kappa shape index (κ2) is 6.56. The highest BCUT2D eigenvalue weighted by Gasteiger charge is 2.30. The van der Waals surface area contributed by atoms with E-state index in [4.69, 9.17) is 0 Å².